The SMILES string of the molecule is CCCCCCCCCO[C@@H](c1ccc([N+](=O)[O-])cc1)c1cn([C@@H]2O[C@H](COC(=O)c3ccccc3)[C@@H](OC(=O)c3ccccc3)[C@H]2OC(=O)c2ccccc2)c(=O)[nH]c1=O. The van der Waals surface area contributed by atoms with Gasteiger partial charge in [-0.3, -0.25) is 24.5 Å². The van der Waals surface area contributed by atoms with Crippen LogP contribution in [0.1, 0.15) is 106 Å². The molecule has 1 aromatic heterocycles. The smallest absolute Gasteiger partial charge is 0.338 e. The molecule has 15 nitrogen and oxygen atoms in total. The van der Waals surface area contributed by atoms with Crippen LogP contribution in [0.2, 0.25) is 0 Å². The molecule has 0 bridgehead atoms. The molecule has 61 heavy (non-hydrogen) atoms. The molecule has 1 aliphatic heterocycles. The van der Waals surface area contributed by atoms with E-state index in [0.717, 1.165) is 43.1 Å². The van der Waals surface area contributed by atoms with E-state index in [4.69, 9.17) is 23.7 Å². The Hall–Kier alpha value is -6.71. The molecule has 1 aliphatic rings. The number of hydrogen-bond acceptors (Lipinski definition) is 12. The molecule has 5 atom stereocenters. The van der Waals surface area contributed by atoms with E-state index in [2.05, 4.69) is 11.9 Å². The Morgan fingerprint density at radius 3 is 1.80 bits per heavy atom. The molecule has 0 amide bonds. The minimum atomic E-state index is -1.56. The van der Waals surface area contributed by atoms with Gasteiger partial charge in [0.05, 0.1) is 27.2 Å². The first-order valence-electron chi connectivity index (χ1n) is 20.3. The van der Waals surface area contributed by atoms with Gasteiger partial charge in [0.1, 0.15) is 18.8 Å². The van der Waals surface area contributed by atoms with Crippen molar-refractivity contribution in [1.82, 2.24) is 9.55 Å². The summed E-state index contributed by atoms with van der Waals surface area (Å²) in [5.41, 5.74) is -1.09. The molecule has 0 spiro atoms. The van der Waals surface area contributed by atoms with Crippen LogP contribution in [0.5, 0.6) is 0 Å². The molecule has 0 saturated carbocycles. The van der Waals surface area contributed by atoms with E-state index in [-0.39, 0.29) is 34.5 Å². The van der Waals surface area contributed by atoms with Crippen LogP contribution in [0.25, 0.3) is 0 Å². The zero-order valence-corrected chi connectivity index (χ0v) is 33.6. The van der Waals surface area contributed by atoms with Gasteiger partial charge in [-0.1, -0.05) is 100 Å². The Labute approximate surface area is 351 Å². The van der Waals surface area contributed by atoms with Gasteiger partial charge in [0.25, 0.3) is 11.2 Å². The fraction of sp³-hybridized carbons (Fsp3) is 0.326. The average molecular weight is 834 g/mol. The number of rotatable bonds is 20. The van der Waals surface area contributed by atoms with Crippen molar-refractivity contribution < 1.29 is 43.0 Å². The fourth-order valence-electron chi connectivity index (χ4n) is 6.95. The molecule has 318 valence electrons. The van der Waals surface area contributed by atoms with E-state index < -0.39 is 71.3 Å². The van der Waals surface area contributed by atoms with Gasteiger partial charge in [0.2, 0.25) is 0 Å². The predicted molar refractivity (Wildman–Crippen MR) is 222 cm³/mol. The number of aromatic nitrogens is 2. The van der Waals surface area contributed by atoms with Crippen molar-refractivity contribution in [3.05, 3.63) is 180 Å². The first kappa shape index (κ1) is 43.9. The first-order chi connectivity index (χ1) is 29.6. The second kappa shape index (κ2) is 21.5. The van der Waals surface area contributed by atoms with Crippen LogP contribution in [0, 0.1) is 10.1 Å². The lowest BCUT2D eigenvalue weighted by atomic mass is 10.0. The van der Waals surface area contributed by atoms with Gasteiger partial charge >= 0.3 is 23.6 Å². The fourth-order valence-corrected chi connectivity index (χ4v) is 6.95. The lowest BCUT2D eigenvalue weighted by molar-refractivity contribution is -0.384. The Kier molecular flexibility index (Phi) is 15.5. The number of nitrogens with zero attached hydrogens (tertiary/aromatic N) is 2. The zero-order chi connectivity index (χ0) is 43.1. The Morgan fingerprint density at radius 1 is 0.721 bits per heavy atom. The zero-order valence-electron chi connectivity index (χ0n) is 33.6. The molecule has 1 fully saturated rings. The van der Waals surface area contributed by atoms with Gasteiger partial charge in [-0.2, -0.15) is 0 Å². The number of unbranched alkanes of at least 4 members (excludes halogenated alkanes) is 6. The molecule has 5 aromatic rings. The lowest BCUT2D eigenvalue weighted by Crippen LogP contribution is -2.43. The van der Waals surface area contributed by atoms with Crippen LogP contribution in [0.4, 0.5) is 5.69 Å². The molecule has 1 saturated heterocycles. The second-order valence-electron chi connectivity index (χ2n) is 14.5. The van der Waals surface area contributed by atoms with Gasteiger partial charge < -0.3 is 23.7 Å². The third-order valence-corrected chi connectivity index (χ3v) is 10.2. The van der Waals surface area contributed by atoms with E-state index in [1.165, 1.54) is 54.7 Å². The van der Waals surface area contributed by atoms with Crippen LogP contribution < -0.4 is 11.2 Å². The van der Waals surface area contributed by atoms with E-state index >= 15 is 0 Å². The third kappa shape index (κ3) is 11.5. The number of nitrogens with one attached hydrogen (secondary N) is 1. The topological polar surface area (TPSA) is 195 Å². The van der Waals surface area contributed by atoms with Crippen LogP contribution in [0.3, 0.4) is 0 Å². The van der Waals surface area contributed by atoms with Crippen molar-refractivity contribution in [2.24, 2.45) is 0 Å². The van der Waals surface area contributed by atoms with Crippen molar-refractivity contribution in [3.63, 3.8) is 0 Å². The second-order valence-corrected chi connectivity index (χ2v) is 14.5. The number of hydrogen-bond donors (Lipinski definition) is 1. The highest BCUT2D eigenvalue weighted by Gasteiger charge is 2.52. The number of non-ortho nitro benzene ring substituents is 1. The van der Waals surface area contributed by atoms with E-state index in [0.29, 0.717) is 12.0 Å². The molecule has 15 heteroatoms. The van der Waals surface area contributed by atoms with Crippen LogP contribution in [0.15, 0.2) is 131 Å². The van der Waals surface area contributed by atoms with E-state index in [1.54, 1.807) is 66.7 Å². The number of nitro groups is 1. The quantitative estimate of drug-likeness (QED) is 0.0267. The molecular weight excluding hydrogens is 787 g/mol. The summed E-state index contributed by atoms with van der Waals surface area (Å²) >= 11 is 0. The summed E-state index contributed by atoms with van der Waals surface area (Å²) < 4.78 is 31.4. The van der Waals surface area contributed by atoms with Crippen molar-refractivity contribution >= 4 is 23.6 Å². The summed E-state index contributed by atoms with van der Waals surface area (Å²) in [6, 6.07) is 29.7. The van der Waals surface area contributed by atoms with Gasteiger partial charge in [-0.25, -0.2) is 19.2 Å². The molecule has 6 rings (SSSR count). The number of carbonyl (C=O) groups excluding carboxylic acids is 3. The number of nitro benzene ring substituents is 1. The van der Waals surface area contributed by atoms with Crippen molar-refractivity contribution in [2.45, 2.75) is 82.5 Å². The van der Waals surface area contributed by atoms with Gasteiger partial charge in [0, 0.05) is 24.9 Å². The monoisotopic (exact) mass is 833 g/mol. The van der Waals surface area contributed by atoms with Crippen LogP contribution >= 0.6 is 0 Å². The number of benzene rings is 4. The minimum Gasteiger partial charge on any atom is -0.459 e. The van der Waals surface area contributed by atoms with Gasteiger partial charge in [0.15, 0.2) is 18.4 Å². The normalized spacial score (nSPS) is 17.6. The van der Waals surface area contributed by atoms with Crippen molar-refractivity contribution in [1.29, 1.82) is 0 Å². The Morgan fingerprint density at radius 2 is 1.25 bits per heavy atom. The highest BCUT2D eigenvalue weighted by atomic mass is 16.7. The maximum Gasteiger partial charge on any atom is 0.338 e. The molecule has 2 heterocycles. The molecule has 4 aromatic carbocycles. The summed E-state index contributed by atoms with van der Waals surface area (Å²) in [6.07, 6.45) is 1.23. The molecular formula is C46H47N3O12. The number of aromatic amines is 1. The third-order valence-electron chi connectivity index (χ3n) is 10.2. The van der Waals surface area contributed by atoms with E-state index in [1.807, 2.05) is 0 Å². The average Bonchev–Trinajstić information content (AvgIpc) is 3.61. The summed E-state index contributed by atoms with van der Waals surface area (Å²) in [4.78, 5) is 81.3. The molecule has 0 radical (unpaired) electrons. The highest BCUT2D eigenvalue weighted by Crippen LogP contribution is 2.36. The van der Waals surface area contributed by atoms with E-state index in [9.17, 15) is 34.1 Å². The number of H-pyrrole nitrogens is 1. The Bertz CT molecular complexity index is 2350. The Balaban J connectivity index is 1.38. The lowest BCUT2D eigenvalue weighted by Gasteiger charge is -2.26. The maximum atomic E-state index is 13.9. The molecule has 1 N–H and O–H groups in total. The first-order valence-corrected chi connectivity index (χ1v) is 20.3. The molecule has 0 aliphatic carbocycles. The van der Waals surface area contributed by atoms with Crippen molar-refractivity contribution in [3.8, 4) is 0 Å². The minimum absolute atomic E-state index is 0.0649. The van der Waals surface area contributed by atoms with Gasteiger partial charge in [-0.05, 0) is 60.5 Å². The number of ether oxygens (including phenoxy) is 5. The van der Waals surface area contributed by atoms with Crippen LogP contribution in [-0.2, 0) is 23.7 Å². The maximum absolute atomic E-state index is 13.9. The largest absolute Gasteiger partial charge is 0.459 e. The summed E-state index contributed by atoms with van der Waals surface area (Å²) in [6.45, 7) is 1.86. The van der Waals surface area contributed by atoms with Crippen molar-refractivity contribution in [2.75, 3.05) is 13.2 Å². The van der Waals surface area contributed by atoms with Crippen LogP contribution in [-0.4, -0.2) is 63.9 Å². The van der Waals surface area contributed by atoms with Gasteiger partial charge in [-0.15, -0.1) is 0 Å². The highest BCUT2D eigenvalue weighted by molar-refractivity contribution is 5.91. The standard InChI is InChI=1S/C46H47N3O12/c1-2-3-4-5-6-7-17-28-57-38(31-24-26-35(27-25-31)49(55)56)36-29-48(46(54)47-41(36)50)42-40(61-45(53)34-22-15-10-16-23-34)39(60-44(52)33-20-13-9-14-21-33)37(59-42)30-58-43(51)32-18-11-8-12-19-32/h8-16,18-27,29,37-40,42H,2-7,17,28,30H2,1H3,(H,47,50,54)/t37-,38+,39-,40-,42-/m1/s1. The summed E-state index contributed by atoms with van der Waals surface area (Å²) in [5, 5.41) is 11.5. The predicted octanol–water partition coefficient (Wildman–Crippen LogP) is 7.51. The summed E-state index contributed by atoms with van der Waals surface area (Å²) in [5.74, 6) is -2.38. The molecule has 0 unspecified atom stereocenters. The summed E-state index contributed by atoms with van der Waals surface area (Å²) in [7, 11) is 0. The number of esters is 3. The number of carbonyl (C=O) groups is 3.